The summed E-state index contributed by atoms with van der Waals surface area (Å²) in [7, 11) is 0. The highest BCUT2D eigenvalue weighted by Gasteiger charge is 2.10. The minimum atomic E-state index is -0.456. The average Bonchev–Trinajstić information content (AvgIpc) is 2.59. The molecule has 2 aromatic carbocycles. The first-order chi connectivity index (χ1) is 12.1. The second kappa shape index (κ2) is 7.49. The largest absolute Gasteiger partial charge is 0.508 e. The van der Waals surface area contributed by atoms with Crippen molar-refractivity contribution >= 4 is 11.0 Å². The molecule has 4 nitrogen and oxygen atoms in total. The number of phenolic OH excluding ortho intramolecular Hbond substituents is 1. The van der Waals surface area contributed by atoms with Crippen molar-refractivity contribution in [2.75, 3.05) is 6.54 Å². The van der Waals surface area contributed by atoms with E-state index in [1.54, 1.807) is 12.1 Å². The minimum absolute atomic E-state index is 0.128. The van der Waals surface area contributed by atoms with E-state index in [2.05, 4.69) is 5.32 Å². The van der Waals surface area contributed by atoms with E-state index < -0.39 is 5.63 Å². The number of aromatic hydroxyl groups is 1. The number of aryl methyl sites for hydroxylation is 1. The van der Waals surface area contributed by atoms with Gasteiger partial charge in [0.05, 0.1) is 0 Å². The molecule has 0 unspecified atom stereocenters. The van der Waals surface area contributed by atoms with E-state index >= 15 is 0 Å². The molecule has 1 heterocycles. The Morgan fingerprint density at radius 3 is 2.68 bits per heavy atom. The molecule has 0 aliphatic heterocycles. The Morgan fingerprint density at radius 1 is 1.12 bits per heavy atom. The lowest BCUT2D eigenvalue weighted by Crippen LogP contribution is -2.18. The van der Waals surface area contributed by atoms with Gasteiger partial charge in [-0.25, -0.2) is 9.18 Å². The van der Waals surface area contributed by atoms with Gasteiger partial charge in [-0.05, 0) is 48.2 Å². The zero-order valence-electron chi connectivity index (χ0n) is 14.0. The number of hydrogen-bond acceptors (Lipinski definition) is 4. The summed E-state index contributed by atoms with van der Waals surface area (Å²) in [5, 5.41) is 14.0. The molecule has 0 amide bonds. The van der Waals surface area contributed by atoms with Crippen LogP contribution in [0.4, 0.5) is 4.39 Å². The molecule has 0 saturated heterocycles. The van der Waals surface area contributed by atoms with E-state index in [-0.39, 0.29) is 11.6 Å². The highest BCUT2D eigenvalue weighted by molar-refractivity contribution is 5.82. The lowest BCUT2D eigenvalue weighted by molar-refractivity contribution is 0.466. The van der Waals surface area contributed by atoms with Crippen molar-refractivity contribution in [3.63, 3.8) is 0 Å². The number of nitrogens with one attached hydrogen (secondary N) is 1. The zero-order chi connectivity index (χ0) is 17.8. The van der Waals surface area contributed by atoms with Crippen LogP contribution in [0.15, 0.2) is 51.7 Å². The maximum Gasteiger partial charge on any atom is 0.336 e. The monoisotopic (exact) mass is 341 g/mol. The summed E-state index contributed by atoms with van der Waals surface area (Å²) in [6, 6.07) is 11.5. The van der Waals surface area contributed by atoms with Crippen molar-refractivity contribution in [1.82, 2.24) is 5.32 Å². The molecule has 25 heavy (non-hydrogen) atoms. The summed E-state index contributed by atoms with van der Waals surface area (Å²) in [6.07, 6.45) is 1.24. The second-order valence-corrected chi connectivity index (χ2v) is 5.94. The topological polar surface area (TPSA) is 62.5 Å². The van der Waals surface area contributed by atoms with Crippen LogP contribution in [-0.2, 0) is 19.4 Å². The first kappa shape index (κ1) is 17.2. The summed E-state index contributed by atoms with van der Waals surface area (Å²) in [4.78, 5) is 11.7. The minimum Gasteiger partial charge on any atom is -0.508 e. The van der Waals surface area contributed by atoms with E-state index in [0.29, 0.717) is 37.1 Å². The zero-order valence-corrected chi connectivity index (χ0v) is 14.0. The van der Waals surface area contributed by atoms with Gasteiger partial charge in [0.2, 0.25) is 0 Å². The Kier molecular flexibility index (Phi) is 5.14. The van der Waals surface area contributed by atoms with E-state index in [9.17, 15) is 14.3 Å². The van der Waals surface area contributed by atoms with Crippen LogP contribution in [0.3, 0.4) is 0 Å². The number of halogens is 1. The van der Waals surface area contributed by atoms with Crippen LogP contribution in [0.5, 0.6) is 5.75 Å². The SMILES string of the molecule is CCc1cc2c(CNCCc3ccccc3F)cc(=O)oc2cc1O. The van der Waals surface area contributed by atoms with Crippen molar-refractivity contribution in [2.24, 2.45) is 0 Å². The van der Waals surface area contributed by atoms with Gasteiger partial charge in [-0.15, -0.1) is 0 Å². The van der Waals surface area contributed by atoms with E-state index in [1.165, 1.54) is 18.2 Å². The Hall–Kier alpha value is -2.66. The second-order valence-electron chi connectivity index (χ2n) is 5.94. The van der Waals surface area contributed by atoms with Crippen LogP contribution in [0.25, 0.3) is 11.0 Å². The molecule has 0 fully saturated rings. The quantitative estimate of drug-likeness (QED) is 0.532. The molecule has 1 aromatic heterocycles. The van der Waals surface area contributed by atoms with Gasteiger partial charge in [0, 0.05) is 24.1 Å². The first-order valence-electron chi connectivity index (χ1n) is 8.31. The Bertz CT molecular complexity index is 949. The van der Waals surface area contributed by atoms with Gasteiger partial charge in [0.25, 0.3) is 0 Å². The maximum atomic E-state index is 13.6. The fraction of sp³-hybridized carbons (Fsp3) is 0.250. The molecule has 5 heteroatoms. The molecule has 0 aliphatic carbocycles. The molecule has 0 atom stereocenters. The summed E-state index contributed by atoms with van der Waals surface area (Å²) in [5.41, 5.74) is 2.17. The molecule has 0 radical (unpaired) electrons. The Balaban J connectivity index is 1.76. The summed E-state index contributed by atoms with van der Waals surface area (Å²) in [5.74, 6) is -0.0824. The van der Waals surface area contributed by atoms with E-state index in [0.717, 1.165) is 16.5 Å². The van der Waals surface area contributed by atoms with Gasteiger partial charge in [-0.2, -0.15) is 0 Å². The smallest absolute Gasteiger partial charge is 0.336 e. The normalized spacial score (nSPS) is 11.1. The summed E-state index contributed by atoms with van der Waals surface area (Å²) < 4.78 is 18.8. The van der Waals surface area contributed by atoms with Crippen molar-refractivity contribution in [1.29, 1.82) is 0 Å². The van der Waals surface area contributed by atoms with Crippen molar-refractivity contribution in [3.05, 3.63) is 75.4 Å². The molecule has 3 rings (SSSR count). The van der Waals surface area contributed by atoms with Gasteiger partial charge in [0.1, 0.15) is 17.1 Å². The Labute approximate surface area is 144 Å². The average molecular weight is 341 g/mol. The number of phenols is 1. The van der Waals surface area contributed by atoms with Gasteiger partial charge < -0.3 is 14.8 Å². The molecular formula is C20H20FNO3. The molecule has 0 bridgehead atoms. The van der Waals surface area contributed by atoms with Gasteiger partial charge in [-0.1, -0.05) is 25.1 Å². The van der Waals surface area contributed by atoms with Crippen LogP contribution >= 0.6 is 0 Å². The summed E-state index contributed by atoms with van der Waals surface area (Å²) in [6.45, 7) is 3.00. The summed E-state index contributed by atoms with van der Waals surface area (Å²) >= 11 is 0. The van der Waals surface area contributed by atoms with Crippen molar-refractivity contribution in [2.45, 2.75) is 26.3 Å². The third kappa shape index (κ3) is 3.88. The lowest BCUT2D eigenvalue weighted by Gasteiger charge is -2.10. The van der Waals surface area contributed by atoms with Crippen LogP contribution in [0.2, 0.25) is 0 Å². The number of benzene rings is 2. The predicted molar refractivity (Wildman–Crippen MR) is 95.3 cm³/mol. The highest BCUT2D eigenvalue weighted by Crippen LogP contribution is 2.26. The number of fused-ring (bicyclic) bond motifs is 1. The van der Waals surface area contributed by atoms with Crippen LogP contribution in [0, 0.1) is 5.82 Å². The first-order valence-corrected chi connectivity index (χ1v) is 8.31. The number of hydrogen-bond donors (Lipinski definition) is 2. The predicted octanol–water partition coefficient (Wildman–Crippen LogP) is 3.53. The standard InChI is InChI=1S/C20H20FNO3/c1-2-13-9-16-15(10-20(24)25-19(16)11-18(13)23)12-22-8-7-14-5-3-4-6-17(14)21/h3-6,9-11,22-23H,2,7-8,12H2,1H3. The third-order valence-corrected chi connectivity index (χ3v) is 4.25. The van der Waals surface area contributed by atoms with Gasteiger partial charge in [0.15, 0.2) is 0 Å². The molecule has 3 aromatic rings. The Morgan fingerprint density at radius 2 is 1.92 bits per heavy atom. The van der Waals surface area contributed by atoms with Crippen LogP contribution < -0.4 is 10.9 Å². The molecule has 2 N–H and O–H groups in total. The molecule has 0 aliphatic rings. The van der Waals surface area contributed by atoms with Crippen molar-refractivity contribution < 1.29 is 13.9 Å². The van der Waals surface area contributed by atoms with Gasteiger partial charge >= 0.3 is 5.63 Å². The van der Waals surface area contributed by atoms with Crippen LogP contribution in [0.1, 0.15) is 23.6 Å². The fourth-order valence-corrected chi connectivity index (χ4v) is 2.88. The van der Waals surface area contributed by atoms with Crippen molar-refractivity contribution in [3.8, 4) is 5.75 Å². The maximum absolute atomic E-state index is 13.6. The molecular weight excluding hydrogens is 321 g/mol. The lowest BCUT2D eigenvalue weighted by atomic mass is 10.0. The van der Waals surface area contributed by atoms with Crippen LogP contribution in [-0.4, -0.2) is 11.7 Å². The van der Waals surface area contributed by atoms with E-state index in [1.807, 2.05) is 19.1 Å². The molecule has 130 valence electrons. The van der Waals surface area contributed by atoms with E-state index in [4.69, 9.17) is 4.42 Å². The number of rotatable bonds is 6. The third-order valence-electron chi connectivity index (χ3n) is 4.25. The molecule has 0 saturated carbocycles. The fourth-order valence-electron chi connectivity index (χ4n) is 2.88. The van der Waals surface area contributed by atoms with Gasteiger partial charge in [-0.3, -0.25) is 0 Å². The highest BCUT2D eigenvalue weighted by atomic mass is 19.1. The molecule has 0 spiro atoms.